The number of hydrogen-bond donors (Lipinski definition) is 0. The first kappa shape index (κ1) is 23.4. The molecule has 0 aliphatic carbocycles. The van der Waals surface area contributed by atoms with Crippen LogP contribution in [-0.4, -0.2) is 26.3 Å². The zero-order valence-electron chi connectivity index (χ0n) is 16.8. The minimum atomic E-state index is -0.0774. The summed E-state index contributed by atoms with van der Waals surface area (Å²) in [5, 5.41) is 0. The molecule has 0 radical (unpaired) electrons. The lowest BCUT2D eigenvalue weighted by Gasteiger charge is -2.22. The first-order chi connectivity index (χ1) is 11.7. The molecule has 144 valence electrons. The smallest absolute Gasteiger partial charge is 0.305 e. The molecule has 2 atom stereocenters. The maximum atomic E-state index is 11.0. The van der Waals surface area contributed by atoms with Gasteiger partial charge in [-0.1, -0.05) is 78.1 Å². The third-order valence-electron chi connectivity index (χ3n) is 5.05. The monoisotopic (exact) mass is 342 g/mol. The molecule has 0 aromatic carbocycles. The average Bonchev–Trinajstić information content (AvgIpc) is 2.59. The Morgan fingerprint density at radius 3 is 1.92 bits per heavy atom. The summed E-state index contributed by atoms with van der Waals surface area (Å²) in [6, 6.07) is 0. The number of unbranched alkanes of at least 4 members (excludes halogenated alkanes) is 9. The Labute approximate surface area is 150 Å². The number of methoxy groups -OCH3 is 2. The number of carbonyl (C=O) groups is 1. The zero-order valence-corrected chi connectivity index (χ0v) is 16.8. The van der Waals surface area contributed by atoms with E-state index in [0.717, 1.165) is 12.8 Å². The van der Waals surface area contributed by atoms with Crippen LogP contribution in [0.5, 0.6) is 0 Å². The summed E-state index contributed by atoms with van der Waals surface area (Å²) < 4.78 is 10.4. The molecule has 0 unspecified atom stereocenters. The van der Waals surface area contributed by atoms with E-state index < -0.39 is 0 Å². The van der Waals surface area contributed by atoms with Gasteiger partial charge in [-0.15, -0.1) is 0 Å². The van der Waals surface area contributed by atoms with E-state index in [1.54, 1.807) is 0 Å². The number of ether oxygens (including phenoxy) is 2. The summed E-state index contributed by atoms with van der Waals surface area (Å²) in [5.74, 6) is 0.600. The molecular formula is C21H42O3. The van der Waals surface area contributed by atoms with Crippen molar-refractivity contribution in [3.8, 4) is 0 Å². The van der Waals surface area contributed by atoms with Gasteiger partial charge in [0, 0.05) is 13.5 Å². The summed E-state index contributed by atoms with van der Waals surface area (Å²) in [6.45, 7) is 4.61. The lowest BCUT2D eigenvalue weighted by molar-refractivity contribution is -0.140. The molecule has 0 N–H and O–H groups in total. The lowest BCUT2D eigenvalue weighted by atomic mass is 9.93. The zero-order chi connectivity index (χ0) is 18.0. The fourth-order valence-electron chi connectivity index (χ4n) is 3.31. The van der Waals surface area contributed by atoms with Gasteiger partial charge in [0.15, 0.2) is 0 Å². The molecule has 24 heavy (non-hydrogen) atoms. The second kappa shape index (κ2) is 17.3. The first-order valence-electron chi connectivity index (χ1n) is 10.2. The topological polar surface area (TPSA) is 35.5 Å². The van der Waals surface area contributed by atoms with Crippen LogP contribution >= 0.6 is 0 Å². The Bertz CT molecular complexity index is 278. The summed E-state index contributed by atoms with van der Waals surface area (Å²) in [4.78, 5) is 11.0. The summed E-state index contributed by atoms with van der Waals surface area (Å²) in [7, 11) is 3.33. The molecule has 0 rings (SSSR count). The lowest BCUT2D eigenvalue weighted by Crippen LogP contribution is -2.20. The van der Waals surface area contributed by atoms with Gasteiger partial charge >= 0.3 is 5.97 Å². The van der Waals surface area contributed by atoms with Gasteiger partial charge in [0.2, 0.25) is 0 Å². The third-order valence-corrected chi connectivity index (χ3v) is 5.05. The highest BCUT2D eigenvalue weighted by Crippen LogP contribution is 2.21. The first-order valence-corrected chi connectivity index (χ1v) is 10.2. The van der Waals surface area contributed by atoms with E-state index in [-0.39, 0.29) is 5.97 Å². The van der Waals surface area contributed by atoms with E-state index in [2.05, 4.69) is 18.6 Å². The van der Waals surface area contributed by atoms with Crippen LogP contribution in [0.25, 0.3) is 0 Å². The minimum absolute atomic E-state index is 0.0774. The molecule has 0 saturated heterocycles. The van der Waals surface area contributed by atoms with Crippen LogP contribution in [0.3, 0.4) is 0 Å². The largest absolute Gasteiger partial charge is 0.469 e. The van der Waals surface area contributed by atoms with E-state index in [1.165, 1.54) is 77.7 Å². The fraction of sp³-hybridized carbons (Fsp3) is 0.952. The van der Waals surface area contributed by atoms with Gasteiger partial charge in [0.1, 0.15) is 0 Å². The fourth-order valence-corrected chi connectivity index (χ4v) is 3.31. The van der Waals surface area contributed by atoms with E-state index in [4.69, 9.17) is 4.74 Å². The molecule has 0 aromatic heterocycles. The van der Waals surface area contributed by atoms with Crippen molar-refractivity contribution in [1.82, 2.24) is 0 Å². The molecular weight excluding hydrogens is 300 g/mol. The standard InChI is InChI=1S/C21H42O3/c1-5-6-7-14-17-20(23-3)19(2)16-13-11-9-8-10-12-15-18-21(22)24-4/h19-20H,5-18H2,1-4H3/t19-,20+/m1/s1. The normalized spacial score (nSPS) is 13.7. The Morgan fingerprint density at radius 1 is 0.792 bits per heavy atom. The third kappa shape index (κ3) is 13.8. The van der Waals surface area contributed by atoms with Crippen molar-refractivity contribution in [2.75, 3.05) is 14.2 Å². The molecule has 3 nitrogen and oxygen atoms in total. The predicted octanol–water partition coefficient (Wildman–Crippen LogP) is 6.29. The molecule has 0 amide bonds. The van der Waals surface area contributed by atoms with Gasteiger partial charge in [-0.25, -0.2) is 0 Å². The van der Waals surface area contributed by atoms with Crippen molar-refractivity contribution in [1.29, 1.82) is 0 Å². The Kier molecular flexibility index (Phi) is 16.8. The van der Waals surface area contributed by atoms with Gasteiger partial charge in [-0.2, -0.15) is 0 Å². The summed E-state index contributed by atoms with van der Waals surface area (Å²) >= 11 is 0. The summed E-state index contributed by atoms with van der Waals surface area (Å²) in [6.07, 6.45) is 17.4. The maximum absolute atomic E-state index is 11.0. The van der Waals surface area contributed by atoms with Crippen molar-refractivity contribution >= 4 is 5.97 Å². The molecule has 3 heteroatoms. The van der Waals surface area contributed by atoms with Crippen LogP contribution in [-0.2, 0) is 14.3 Å². The van der Waals surface area contributed by atoms with Crippen molar-refractivity contribution in [3.05, 3.63) is 0 Å². The average molecular weight is 343 g/mol. The molecule has 0 spiro atoms. The van der Waals surface area contributed by atoms with Crippen LogP contribution in [0.2, 0.25) is 0 Å². The van der Waals surface area contributed by atoms with E-state index in [9.17, 15) is 4.79 Å². The quantitative estimate of drug-likeness (QED) is 0.230. The molecule has 0 fully saturated rings. The molecule has 0 saturated carbocycles. The van der Waals surface area contributed by atoms with Crippen molar-refractivity contribution in [3.63, 3.8) is 0 Å². The Hall–Kier alpha value is -0.570. The molecule has 0 bridgehead atoms. The number of esters is 1. The van der Waals surface area contributed by atoms with Crippen molar-refractivity contribution < 1.29 is 14.3 Å². The van der Waals surface area contributed by atoms with Gasteiger partial charge in [-0.05, 0) is 25.2 Å². The second-order valence-electron chi connectivity index (χ2n) is 7.19. The number of rotatable bonds is 17. The minimum Gasteiger partial charge on any atom is -0.469 e. The van der Waals surface area contributed by atoms with Gasteiger partial charge in [0.05, 0.1) is 13.2 Å². The molecule has 0 aliphatic heterocycles. The maximum Gasteiger partial charge on any atom is 0.305 e. The van der Waals surface area contributed by atoms with Crippen LogP contribution in [0.1, 0.15) is 104 Å². The van der Waals surface area contributed by atoms with Crippen molar-refractivity contribution in [2.45, 2.75) is 110 Å². The van der Waals surface area contributed by atoms with E-state index in [0.29, 0.717) is 18.4 Å². The van der Waals surface area contributed by atoms with Crippen LogP contribution in [0.15, 0.2) is 0 Å². The Balaban J connectivity index is 3.48. The number of hydrogen-bond acceptors (Lipinski definition) is 3. The SMILES string of the molecule is CCCCCC[C@H](OC)[C@H](C)CCCCCCCCCC(=O)OC. The predicted molar refractivity (Wildman–Crippen MR) is 102 cm³/mol. The highest BCUT2D eigenvalue weighted by Gasteiger charge is 2.15. The second-order valence-corrected chi connectivity index (χ2v) is 7.19. The number of carbonyl (C=O) groups excluding carboxylic acids is 1. The van der Waals surface area contributed by atoms with Gasteiger partial charge in [-0.3, -0.25) is 4.79 Å². The van der Waals surface area contributed by atoms with Crippen molar-refractivity contribution in [2.24, 2.45) is 5.92 Å². The Morgan fingerprint density at radius 2 is 1.33 bits per heavy atom. The van der Waals surface area contributed by atoms with E-state index in [1.807, 2.05) is 7.11 Å². The van der Waals surface area contributed by atoms with Gasteiger partial charge in [0.25, 0.3) is 0 Å². The molecule has 0 heterocycles. The molecule has 0 aliphatic rings. The van der Waals surface area contributed by atoms with E-state index >= 15 is 0 Å². The summed E-state index contributed by atoms with van der Waals surface area (Å²) in [5.41, 5.74) is 0. The van der Waals surface area contributed by atoms with Crippen LogP contribution in [0, 0.1) is 5.92 Å². The van der Waals surface area contributed by atoms with Gasteiger partial charge < -0.3 is 9.47 Å². The highest BCUT2D eigenvalue weighted by atomic mass is 16.5. The highest BCUT2D eigenvalue weighted by molar-refractivity contribution is 5.68. The van der Waals surface area contributed by atoms with Crippen LogP contribution in [0.4, 0.5) is 0 Å². The molecule has 0 aromatic rings. The van der Waals surface area contributed by atoms with Crippen LogP contribution < -0.4 is 0 Å².